The molecule has 0 aliphatic heterocycles. The van der Waals surface area contributed by atoms with E-state index >= 15 is 0 Å². The Morgan fingerprint density at radius 2 is 2.17 bits per heavy atom. The molecule has 0 saturated heterocycles. The van der Waals surface area contributed by atoms with Gasteiger partial charge in [-0.15, -0.1) is 0 Å². The van der Waals surface area contributed by atoms with Gasteiger partial charge in [0.2, 0.25) is 0 Å². The van der Waals surface area contributed by atoms with Crippen LogP contribution in [0.5, 0.6) is 0 Å². The molecule has 0 aromatic carbocycles. The van der Waals surface area contributed by atoms with Crippen molar-refractivity contribution in [1.82, 2.24) is 0 Å². The Balaban J connectivity index is 2.64. The highest BCUT2D eigenvalue weighted by atomic mass is 16.5. The van der Waals surface area contributed by atoms with Crippen LogP contribution in [-0.4, -0.2) is 19.3 Å². The van der Waals surface area contributed by atoms with E-state index in [1.165, 1.54) is 12.8 Å². The fourth-order valence-corrected chi connectivity index (χ4v) is 2.36. The van der Waals surface area contributed by atoms with E-state index in [1.54, 1.807) is 7.11 Å². The minimum absolute atomic E-state index is 0.0213. The molecule has 0 radical (unpaired) electrons. The Bertz CT molecular complexity index is 143. The van der Waals surface area contributed by atoms with E-state index < -0.39 is 0 Å². The predicted octanol–water partition coefficient (Wildman–Crippen LogP) is 1.79. The fraction of sp³-hybridized carbons (Fsp3) is 1.00. The fourth-order valence-electron chi connectivity index (χ4n) is 2.36. The SMILES string of the molecule is COC1(CN)CCC(C)CC1C. The number of nitrogens with two attached hydrogens (primary N) is 1. The zero-order chi connectivity index (χ0) is 9.19. The maximum Gasteiger partial charge on any atom is 0.0825 e. The maximum atomic E-state index is 5.76. The van der Waals surface area contributed by atoms with Crippen LogP contribution in [0.15, 0.2) is 0 Å². The molecular formula is C10H21NO. The summed E-state index contributed by atoms with van der Waals surface area (Å²) in [5.74, 6) is 1.45. The maximum absolute atomic E-state index is 5.76. The molecule has 1 aliphatic carbocycles. The van der Waals surface area contributed by atoms with Gasteiger partial charge in [0, 0.05) is 13.7 Å². The van der Waals surface area contributed by atoms with Gasteiger partial charge < -0.3 is 10.5 Å². The molecule has 0 aromatic rings. The van der Waals surface area contributed by atoms with Gasteiger partial charge in [-0.05, 0) is 31.1 Å². The monoisotopic (exact) mass is 171 g/mol. The van der Waals surface area contributed by atoms with Crippen molar-refractivity contribution in [2.24, 2.45) is 17.6 Å². The Hall–Kier alpha value is -0.0800. The molecule has 1 saturated carbocycles. The molecule has 2 nitrogen and oxygen atoms in total. The zero-order valence-electron chi connectivity index (χ0n) is 8.47. The number of ether oxygens (including phenoxy) is 1. The van der Waals surface area contributed by atoms with Gasteiger partial charge in [0.15, 0.2) is 0 Å². The van der Waals surface area contributed by atoms with Gasteiger partial charge >= 0.3 is 0 Å². The lowest BCUT2D eigenvalue weighted by molar-refractivity contribution is -0.0787. The Labute approximate surface area is 75.5 Å². The molecule has 2 heteroatoms. The van der Waals surface area contributed by atoms with Crippen LogP contribution in [0.1, 0.15) is 33.1 Å². The second-order valence-corrected chi connectivity index (χ2v) is 4.25. The minimum atomic E-state index is -0.0213. The van der Waals surface area contributed by atoms with Gasteiger partial charge in [-0.25, -0.2) is 0 Å². The molecule has 0 aromatic heterocycles. The van der Waals surface area contributed by atoms with Gasteiger partial charge in [0.25, 0.3) is 0 Å². The first kappa shape index (κ1) is 10.0. The topological polar surface area (TPSA) is 35.2 Å². The van der Waals surface area contributed by atoms with Crippen LogP contribution in [0.2, 0.25) is 0 Å². The zero-order valence-corrected chi connectivity index (χ0v) is 8.47. The van der Waals surface area contributed by atoms with Gasteiger partial charge in [-0.1, -0.05) is 13.8 Å². The van der Waals surface area contributed by atoms with Gasteiger partial charge in [0.1, 0.15) is 0 Å². The van der Waals surface area contributed by atoms with Crippen molar-refractivity contribution in [3.05, 3.63) is 0 Å². The highest BCUT2D eigenvalue weighted by molar-refractivity contribution is 4.91. The standard InChI is InChI=1S/C10H21NO/c1-8-4-5-10(7-11,12-3)9(2)6-8/h8-9H,4-7,11H2,1-3H3. The van der Waals surface area contributed by atoms with Crippen molar-refractivity contribution in [3.8, 4) is 0 Å². The molecule has 2 N–H and O–H groups in total. The van der Waals surface area contributed by atoms with Crippen LogP contribution in [-0.2, 0) is 4.74 Å². The van der Waals surface area contributed by atoms with Crippen molar-refractivity contribution < 1.29 is 4.74 Å². The lowest BCUT2D eigenvalue weighted by atomic mass is 9.72. The molecule has 1 aliphatic rings. The van der Waals surface area contributed by atoms with E-state index in [-0.39, 0.29) is 5.60 Å². The van der Waals surface area contributed by atoms with Crippen LogP contribution in [0.25, 0.3) is 0 Å². The summed E-state index contributed by atoms with van der Waals surface area (Å²) in [5, 5.41) is 0. The third-order valence-corrected chi connectivity index (χ3v) is 3.47. The number of methoxy groups -OCH3 is 1. The highest BCUT2D eigenvalue weighted by Gasteiger charge is 2.38. The van der Waals surface area contributed by atoms with Crippen molar-refractivity contribution in [2.45, 2.75) is 38.7 Å². The Morgan fingerprint density at radius 3 is 2.58 bits per heavy atom. The molecule has 1 fully saturated rings. The average molecular weight is 171 g/mol. The largest absolute Gasteiger partial charge is 0.377 e. The van der Waals surface area contributed by atoms with E-state index in [4.69, 9.17) is 10.5 Å². The molecule has 12 heavy (non-hydrogen) atoms. The first-order valence-electron chi connectivity index (χ1n) is 4.90. The summed E-state index contributed by atoms with van der Waals surface area (Å²) in [6.07, 6.45) is 3.64. The predicted molar refractivity (Wildman–Crippen MR) is 51.0 cm³/mol. The van der Waals surface area contributed by atoms with Crippen molar-refractivity contribution in [3.63, 3.8) is 0 Å². The number of hydrogen-bond acceptors (Lipinski definition) is 2. The minimum Gasteiger partial charge on any atom is -0.377 e. The van der Waals surface area contributed by atoms with Crippen LogP contribution >= 0.6 is 0 Å². The number of hydrogen-bond donors (Lipinski definition) is 1. The van der Waals surface area contributed by atoms with E-state index in [0.29, 0.717) is 12.5 Å². The van der Waals surface area contributed by atoms with Crippen molar-refractivity contribution >= 4 is 0 Å². The summed E-state index contributed by atoms with van der Waals surface area (Å²) in [6, 6.07) is 0. The van der Waals surface area contributed by atoms with Crippen molar-refractivity contribution in [1.29, 1.82) is 0 Å². The van der Waals surface area contributed by atoms with Crippen molar-refractivity contribution in [2.75, 3.05) is 13.7 Å². The lowest BCUT2D eigenvalue weighted by Gasteiger charge is -2.42. The summed E-state index contributed by atoms with van der Waals surface area (Å²) in [5.41, 5.74) is 5.74. The third kappa shape index (κ3) is 1.64. The van der Waals surface area contributed by atoms with E-state index in [0.717, 1.165) is 12.3 Å². The summed E-state index contributed by atoms with van der Waals surface area (Å²) >= 11 is 0. The molecule has 72 valence electrons. The molecule has 0 spiro atoms. The van der Waals surface area contributed by atoms with Crippen LogP contribution in [0, 0.1) is 11.8 Å². The molecule has 0 amide bonds. The quantitative estimate of drug-likeness (QED) is 0.687. The summed E-state index contributed by atoms with van der Waals surface area (Å²) in [4.78, 5) is 0. The highest BCUT2D eigenvalue weighted by Crippen LogP contribution is 2.38. The molecule has 0 heterocycles. The normalized spacial score (nSPS) is 43.0. The summed E-state index contributed by atoms with van der Waals surface area (Å²) < 4.78 is 5.56. The van der Waals surface area contributed by atoms with E-state index in [1.807, 2.05) is 0 Å². The van der Waals surface area contributed by atoms with Gasteiger partial charge in [-0.2, -0.15) is 0 Å². The van der Waals surface area contributed by atoms with Crippen LogP contribution < -0.4 is 5.73 Å². The van der Waals surface area contributed by atoms with E-state index in [2.05, 4.69) is 13.8 Å². The van der Waals surface area contributed by atoms with Gasteiger partial charge in [-0.3, -0.25) is 0 Å². The first-order chi connectivity index (χ1) is 5.64. The summed E-state index contributed by atoms with van der Waals surface area (Å²) in [7, 11) is 1.79. The Morgan fingerprint density at radius 1 is 1.50 bits per heavy atom. The summed E-state index contributed by atoms with van der Waals surface area (Å²) in [6.45, 7) is 5.23. The molecular weight excluding hydrogens is 150 g/mol. The number of rotatable bonds is 2. The van der Waals surface area contributed by atoms with Gasteiger partial charge in [0.05, 0.1) is 5.60 Å². The first-order valence-corrected chi connectivity index (χ1v) is 4.90. The average Bonchev–Trinajstić information content (AvgIpc) is 2.06. The Kier molecular flexibility index (Phi) is 3.13. The third-order valence-electron chi connectivity index (χ3n) is 3.47. The lowest BCUT2D eigenvalue weighted by Crippen LogP contribution is -2.48. The smallest absolute Gasteiger partial charge is 0.0825 e. The van der Waals surface area contributed by atoms with E-state index in [9.17, 15) is 0 Å². The molecule has 3 unspecified atom stereocenters. The molecule has 3 atom stereocenters. The molecule has 0 bridgehead atoms. The molecule has 1 rings (SSSR count). The second kappa shape index (κ2) is 3.75. The van der Waals surface area contributed by atoms with Crippen LogP contribution in [0.4, 0.5) is 0 Å². The van der Waals surface area contributed by atoms with Crippen LogP contribution in [0.3, 0.4) is 0 Å². The second-order valence-electron chi connectivity index (χ2n) is 4.25.